The van der Waals surface area contributed by atoms with Crippen molar-refractivity contribution >= 4 is 27.2 Å². The van der Waals surface area contributed by atoms with Gasteiger partial charge < -0.3 is 9.51 Å². The molecule has 1 N–H and O–H groups in total. The summed E-state index contributed by atoms with van der Waals surface area (Å²) in [4.78, 5) is 0. The predicted octanol–water partition coefficient (Wildman–Crippen LogP) is 8.21. The van der Waals surface area contributed by atoms with Gasteiger partial charge in [0.1, 0.15) is 5.75 Å². The molecule has 5 aromatic rings. The minimum atomic E-state index is -0.169. The molecule has 2 heterocycles. The van der Waals surface area contributed by atoms with E-state index in [1.807, 2.05) is 0 Å². The zero-order valence-corrected chi connectivity index (χ0v) is 19.8. The molecule has 0 atom stereocenters. The van der Waals surface area contributed by atoms with Gasteiger partial charge in [0.25, 0.3) is 0 Å². The predicted molar refractivity (Wildman–Crippen MR) is 137 cm³/mol. The van der Waals surface area contributed by atoms with Crippen molar-refractivity contribution in [3.8, 4) is 16.9 Å². The summed E-state index contributed by atoms with van der Waals surface area (Å²) in [5.74, 6) is 0.423. The Morgan fingerprint density at radius 2 is 1.22 bits per heavy atom. The lowest BCUT2D eigenvalue weighted by molar-refractivity contribution is 0.423. The molecule has 0 spiro atoms. The Morgan fingerprint density at radius 1 is 0.656 bits per heavy atom. The molecule has 0 radical (unpaired) electrons. The first-order valence-corrected chi connectivity index (χ1v) is 11.4. The minimum absolute atomic E-state index is 0.169. The van der Waals surface area contributed by atoms with Crippen LogP contribution in [0.4, 0.5) is 0 Å². The monoisotopic (exact) mass is 421 g/mol. The summed E-state index contributed by atoms with van der Waals surface area (Å²) in [7, 11) is 0. The lowest BCUT2D eigenvalue weighted by atomic mass is 9.77. The molecule has 0 saturated heterocycles. The van der Waals surface area contributed by atoms with Crippen LogP contribution in [0.3, 0.4) is 0 Å². The number of aromatic hydroxyl groups is 1. The van der Waals surface area contributed by atoms with Crippen LogP contribution in [0, 0.1) is 0 Å². The zero-order valence-electron chi connectivity index (χ0n) is 19.8. The van der Waals surface area contributed by atoms with Crippen molar-refractivity contribution in [3.05, 3.63) is 84.1 Å². The molecular weight excluding hydrogens is 390 g/mol. The number of benzene rings is 3. The Kier molecular flexibility index (Phi) is 4.43. The summed E-state index contributed by atoms with van der Waals surface area (Å²) in [6.45, 7) is 13.0. The molecule has 0 aliphatic rings. The van der Waals surface area contributed by atoms with Crippen LogP contribution in [0.25, 0.3) is 38.3 Å². The van der Waals surface area contributed by atoms with E-state index in [0.717, 1.165) is 16.7 Å². The normalized spacial score (nSPS) is 12.8. The van der Waals surface area contributed by atoms with Crippen LogP contribution < -0.4 is 0 Å². The summed E-state index contributed by atoms with van der Waals surface area (Å²) in [6.07, 6.45) is 2.14. The molecule has 5 rings (SSSR count). The number of phenols is 1. The minimum Gasteiger partial charge on any atom is -0.507 e. The second-order valence-electron chi connectivity index (χ2n) is 11.0. The average molecular weight is 422 g/mol. The first-order chi connectivity index (χ1) is 15.1. The largest absolute Gasteiger partial charge is 0.507 e. The molecule has 0 saturated carbocycles. The standard InChI is InChI=1S/C30H31NO/c1-29(2,3)23-16-21(17-24(28(23)32)30(4,5)6)27-22-15-19-11-7-8-12-20(19)18-26(22)31-14-10-9-13-25(27)31/h7-18,32H,1-6H3. The van der Waals surface area contributed by atoms with Crippen molar-refractivity contribution in [1.82, 2.24) is 4.40 Å². The molecule has 0 unspecified atom stereocenters. The van der Waals surface area contributed by atoms with Crippen LogP contribution in [0.1, 0.15) is 52.7 Å². The lowest BCUT2D eigenvalue weighted by Crippen LogP contribution is -2.17. The van der Waals surface area contributed by atoms with Crippen LogP contribution in [-0.2, 0) is 10.8 Å². The van der Waals surface area contributed by atoms with Crippen LogP contribution >= 0.6 is 0 Å². The van der Waals surface area contributed by atoms with Gasteiger partial charge in [-0.2, -0.15) is 0 Å². The number of nitrogens with zero attached hydrogens (tertiary/aromatic N) is 1. The molecule has 0 aliphatic heterocycles. The topological polar surface area (TPSA) is 24.6 Å². The fourth-order valence-electron chi connectivity index (χ4n) is 4.85. The van der Waals surface area contributed by atoms with E-state index in [1.54, 1.807) is 0 Å². The highest BCUT2D eigenvalue weighted by Crippen LogP contribution is 2.45. The van der Waals surface area contributed by atoms with Gasteiger partial charge in [-0.05, 0) is 63.6 Å². The van der Waals surface area contributed by atoms with Crippen molar-refractivity contribution < 1.29 is 5.11 Å². The first-order valence-electron chi connectivity index (χ1n) is 11.4. The van der Waals surface area contributed by atoms with Gasteiger partial charge >= 0.3 is 0 Å². The highest BCUT2D eigenvalue weighted by molar-refractivity contribution is 6.10. The number of hydrogen-bond acceptors (Lipinski definition) is 1. The highest BCUT2D eigenvalue weighted by Gasteiger charge is 2.28. The fourth-order valence-corrected chi connectivity index (χ4v) is 4.85. The molecule has 0 fully saturated rings. The summed E-state index contributed by atoms with van der Waals surface area (Å²) >= 11 is 0. The fraction of sp³-hybridized carbons (Fsp3) is 0.267. The van der Waals surface area contributed by atoms with Gasteiger partial charge in [-0.15, -0.1) is 0 Å². The Morgan fingerprint density at radius 3 is 1.81 bits per heavy atom. The van der Waals surface area contributed by atoms with Crippen molar-refractivity contribution in [2.24, 2.45) is 0 Å². The molecule has 3 aromatic carbocycles. The van der Waals surface area contributed by atoms with Gasteiger partial charge in [0, 0.05) is 28.3 Å². The van der Waals surface area contributed by atoms with Gasteiger partial charge in [0.2, 0.25) is 0 Å². The maximum Gasteiger partial charge on any atom is 0.123 e. The number of rotatable bonds is 1. The van der Waals surface area contributed by atoms with Gasteiger partial charge in [-0.25, -0.2) is 0 Å². The molecule has 2 nitrogen and oxygen atoms in total. The zero-order chi connectivity index (χ0) is 22.8. The number of aromatic nitrogens is 1. The molecule has 0 aliphatic carbocycles. The first kappa shape index (κ1) is 20.6. The Labute approximate surface area is 190 Å². The smallest absolute Gasteiger partial charge is 0.123 e. The van der Waals surface area contributed by atoms with E-state index in [9.17, 15) is 5.11 Å². The van der Waals surface area contributed by atoms with Crippen LogP contribution in [-0.4, -0.2) is 9.51 Å². The molecule has 32 heavy (non-hydrogen) atoms. The van der Waals surface area contributed by atoms with Crippen LogP contribution in [0.2, 0.25) is 0 Å². The number of hydrogen-bond donors (Lipinski definition) is 1. The van der Waals surface area contributed by atoms with Crippen molar-refractivity contribution in [1.29, 1.82) is 0 Å². The Hall–Kier alpha value is -3.26. The number of phenolic OH excluding ortho intramolecular Hbond substituents is 1. The maximum absolute atomic E-state index is 11.2. The quantitative estimate of drug-likeness (QED) is 0.290. The molecule has 0 amide bonds. The van der Waals surface area contributed by atoms with Crippen molar-refractivity contribution in [2.75, 3.05) is 0 Å². The third-order valence-electron chi connectivity index (χ3n) is 6.52. The summed E-state index contributed by atoms with van der Waals surface area (Å²) in [6, 6.07) is 23.9. The van der Waals surface area contributed by atoms with Crippen LogP contribution in [0.5, 0.6) is 5.75 Å². The second kappa shape index (κ2) is 6.87. The van der Waals surface area contributed by atoms with Gasteiger partial charge in [0.15, 0.2) is 0 Å². The van der Waals surface area contributed by atoms with E-state index >= 15 is 0 Å². The van der Waals surface area contributed by atoms with E-state index in [-0.39, 0.29) is 10.8 Å². The van der Waals surface area contributed by atoms with E-state index in [2.05, 4.69) is 119 Å². The van der Waals surface area contributed by atoms with Gasteiger partial charge in [-0.1, -0.05) is 71.9 Å². The highest BCUT2D eigenvalue weighted by atomic mass is 16.3. The van der Waals surface area contributed by atoms with Crippen LogP contribution in [0.15, 0.2) is 72.9 Å². The molecule has 162 valence electrons. The summed E-state index contributed by atoms with van der Waals surface area (Å²) in [5.41, 5.74) is 6.42. The molecule has 2 heteroatoms. The van der Waals surface area contributed by atoms with E-state index in [1.165, 1.54) is 32.8 Å². The number of pyridine rings is 1. The Bertz CT molecular complexity index is 1450. The maximum atomic E-state index is 11.2. The van der Waals surface area contributed by atoms with Gasteiger partial charge in [0.05, 0.1) is 11.0 Å². The van der Waals surface area contributed by atoms with E-state index in [0.29, 0.717) is 5.75 Å². The molecule has 2 aromatic heterocycles. The third-order valence-corrected chi connectivity index (χ3v) is 6.52. The Balaban J connectivity index is 1.95. The summed E-state index contributed by atoms with van der Waals surface area (Å²) in [5, 5.41) is 15.0. The number of fused-ring (bicyclic) bond motifs is 4. The van der Waals surface area contributed by atoms with Gasteiger partial charge in [-0.3, -0.25) is 0 Å². The van der Waals surface area contributed by atoms with E-state index < -0.39 is 0 Å². The summed E-state index contributed by atoms with van der Waals surface area (Å²) < 4.78 is 2.29. The SMILES string of the molecule is CC(C)(C)c1cc(-c2c3cc4ccccc4cc3n3ccccc23)cc(C(C)(C)C)c1O. The lowest BCUT2D eigenvalue weighted by Gasteiger charge is -2.28. The second-order valence-corrected chi connectivity index (χ2v) is 11.0. The average Bonchev–Trinajstić information content (AvgIpc) is 3.04. The molecular formula is C30H31NO. The van der Waals surface area contributed by atoms with Crippen molar-refractivity contribution in [2.45, 2.75) is 52.4 Å². The third kappa shape index (κ3) is 3.17. The molecule has 0 bridgehead atoms. The van der Waals surface area contributed by atoms with Crippen molar-refractivity contribution in [3.63, 3.8) is 0 Å². The van der Waals surface area contributed by atoms with E-state index in [4.69, 9.17) is 0 Å².